The number of benzene rings is 1. The fraction of sp³-hybridized carbons (Fsp3) is 0.447. The summed E-state index contributed by atoms with van der Waals surface area (Å²) in [5, 5.41) is 12.7. The molecule has 4 rings (SSSR count). The number of carbonyl (C=O) groups excluding carboxylic acids is 3. The predicted molar refractivity (Wildman–Crippen MR) is 256 cm³/mol. The number of halogens is 1. The van der Waals surface area contributed by atoms with E-state index in [1.165, 1.54) is 17.5 Å². The van der Waals surface area contributed by atoms with Crippen molar-refractivity contribution in [3.63, 3.8) is 0 Å². The van der Waals surface area contributed by atoms with Crippen LogP contribution in [0.25, 0.3) is 0 Å². The van der Waals surface area contributed by atoms with Crippen LogP contribution in [-0.4, -0.2) is 103 Å². The number of piperazine rings is 1. The fourth-order valence-electron chi connectivity index (χ4n) is 6.24. The highest BCUT2D eigenvalue weighted by atomic mass is 35.5. The minimum absolute atomic E-state index is 0.0112. The van der Waals surface area contributed by atoms with E-state index in [1.54, 1.807) is 6.07 Å². The molecule has 1 aromatic carbocycles. The van der Waals surface area contributed by atoms with Crippen molar-refractivity contribution in [3.05, 3.63) is 113 Å². The summed E-state index contributed by atoms with van der Waals surface area (Å²) >= 11 is 7.50. The smallest absolute Gasteiger partial charge is 0.407 e. The van der Waals surface area contributed by atoms with Crippen LogP contribution in [0.1, 0.15) is 79.3 Å². The number of amides is 3. The van der Waals surface area contributed by atoms with Gasteiger partial charge in [0.15, 0.2) is 5.13 Å². The van der Waals surface area contributed by atoms with Gasteiger partial charge in [0.1, 0.15) is 28.9 Å². The van der Waals surface area contributed by atoms with Crippen molar-refractivity contribution in [1.29, 1.82) is 0 Å². The molecule has 1 aliphatic rings. The minimum atomic E-state index is -0.488. The van der Waals surface area contributed by atoms with E-state index in [-0.39, 0.29) is 18.4 Å². The molecule has 0 atom stereocenters. The normalized spacial score (nSPS) is 13.6. The minimum Gasteiger partial charge on any atom is -0.448 e. The Bertz CT molecular complexity index is 1990. The third-order valence-electron chi connectivity index (χ3n) is 9.60. The highest BCUT2D eigenvalue weighted by Gasteiger charge is 2.20. The highest BCUT2D eigenvalue weighted by molar-refractivity contribution is 7.17. The number of allylic oxidation sites excluding steroid dienone is 10. The second kappa shape index (κ2) is 29.9. The number of hydrogen-bond acceptors (Lipinski definition) is 12. The summed E-state index contributed by atoms with van der Waals surface area (Å²) in [6.07, 6.45) is 29.9. The first-order chi connectivity index (χ1) is 30.7. The van der Waals surface area contributed by atoms with Crippen molar-refractivity contribution in [2.45, 2.75) is 72.1 Å². The third-order valence-corrected chi connectivity index (χ3v) is 10.8. The third kappa shape index (κ3) is 20.6. The Morgan fingerprint density at radius 2 is 1.51 bits per heavy atom. The van der Waals surface area contributed by atoms with Gasteiger partial charge in [-0.25, -0.2) is 19.7 Å². The van der Waals surface area contributed by atoms with Gasteiger partial charge in [-0.05, 0) is 70.4 Å². The molecule has 16 heteroatoms. The van der Waals surface area contributed by atoms with Crippen molar-refractivity contribution in [3.8, 4) is 0 Å². The SMILES string of the molecule is CC/C=C\C/C=C\C/C=C\C/C=C\C/C=C\CCCC(=O)NCCOCCNC(=O)OCCN1CCN(c2cc(Nc3ncc(C(=O)Nc4c(C)cccc4Cl)s3)nc(C)n2)CC1. The van der Waals surface area contributed by atoms with Crippen LogP contribution in [0, 0.1) is 13.8 Å². The standard InChI is InChI=1S/C47H64ClN9O5S/c1-4-5-6-7-8-9-10-11-12-13-14-15-16-17-18-19-20-24-43(58)49-25-32-61-33-26-50-47(60)62-34-31-56-27-29-57(30-28-56)42-35-41(52-38(3)53-42)54-46-51-36-40(63-46)45(59)55-44-37(2)22-21-23-39(44)48/h5-6,8-9,11-12,14-15,17-18,21-23,35-36H,4,7,10,13,16,19-20,24-34H2,1-3H3,(H,49,58)(H,50,60)(H,55,59)(H,51,52,53,54)/b6-5-,9-8-,12-11-,15-14-,18-17-. The van der Waals surface area contributed by atoms with E-state index >= 15 is 0 Å². The van der Waals surface area contributed by atoms with E-state index in [0.717, 1.165) is 82.5 Å². The maximum absolute atomic E-state index is 12.9. The van der Waals surface area contributed by atoms with Gasteiger partial charge in [0.25, 0.3) is 5.91 Å². The van der Waals surface area contributed by atoms with Crippen molar-refractivity contribution in [1.82, 2.24) is 30.5 Å². The molecule has 0 aliphatic carbocycles. The number of unbranched alkanes of at least 4 members (excludes halogenated alkanes) is 1. The summed E-state index contributed by atoms with van der Waals surface area (Å²) in [4.78, 5) is 55.6. The molecule has 3 aromatic rings. The van der Waals surface area contributed by atoms with E-state index in [1.807, 2.05) is 32.0 Å². The van der Waals surface area contributed by atoms with Gasteiger partial charge < -0.3 is 35.6 Å². The molecule has 0 radical (unpaired) electrons. The number of alkyl carbamates (subject to hydrolysis) is 1. The first-order valence-electron chi connectivity index (χ1n) is 21.8. The van der Waals surface area contributed by atoms with Gasteiger partial charge >= 0.3 is 6.09 Å². The van der Waals surface area contributed by atoms with Crippen LogP contribution >= 0.6 is 22.9 Å². The molecule has 1 saturated heterocycles. The number of nitrogens with zero attached hydrogens (tertiary/aromatic N) is 5. The van der Waals surface area contributed by atoms with Crippen LogP contribution in [0.5, 0.6) is 0 Å². The van der Waals surface area contributed by atoms with Gasteiger partial charge in [-0.15, -0.1) is 0 Å². The average molecular weight is 903 g/mol. The fourth-order valence-corrected chi connectivity index (χ4v) is 7.22. The van der Waals surface area contributed by atoms with Crippen LogP contribution in [0.3, 0.4) is 0 Å². The number of aromatic nitrogens is 3. The Morgan fingerprint density at radius 3 is 2.19 bits per heavy atom. The zero-order valence-corrected chi connectivity index (χ0v) is 38.5. The molecule has 63 heavy (non-hydrogen) atoms. The first-order valence-corrected chi connectivity index (χ1v) is 23.0. The number of aryl methyl sites for hydroxylation is 2. The maximum atomic E-state index is 12.9. The van der Waals surface area contributed by atoms with Crippen LogP contribution in [0.2, 0.25) is 5.02 Å². The average Bonchev–Trinajstić information content (AvgIpc) is 3.74. The summed E-state index contributed by atoms with van der Waals surface area (Å²) in [6, 6.07) is 7.33. The van der Waals surface area contributed by atoms with E-state index in [4.69, 9.17) is 21.1 Å². The van der Waals surface area contributed by atoms with Crippen LogP contribution < -0.4 is 26.2 Å². The zero-order valence-electron chi connectivity index (χ0n) is 37.0. The lowest BCUT2D eigenvalue weighted by atomic mass is 10.2. The van der Waals surface area contributed by atoms with Crippen molar-refractivity contribution in [2.75, 3.05) is 81.2 Å². The molecule has 14 nitrogen and oxygen atoms in total. The number of nitrogens with one attached hydrogen (secondary N) is 4. The first kappa shape index (κ1) is 50.3. The van der Waals surface area contributed by atoms with Crippen molar-refractivity contribution in [2.24, 2.45) is 0 Å². The Morgan fingerprint density at radius 1 is 0.841 bits per heavy atom. The summed E-state index contributed by atoms with van der Waals surface area (Å²) in [5.41, 5.74) is 1.45. The van der Waals surface area contributed by atoms with Gasteiger partial charge in [0.2, 0.25) is 5.91 Å². The lowest BCUT2D eigenvalue weighted by Crippen LogP contribution is -2.48. The van der Waals surface area contributed by atoms with E-state index in [2.05, 4.69) is 114 Å². The Kier molecular flexibility index (Phi) is 23.8. The van der Waals surface area contributed by atoms with Gasteiger partial charge in [-0.3, -0.25) is 14.5 Å². The quantitative estimate of drug-likeness (QED) is 0.0427. The molecule has 3 amide bonds. The number of hydrogen-bond donors (Lipinski definition) is 4. The molecular weight excluding hydrogens is 838 g/mol. The second-order valence-corrected chi connectivity index (χ2v) is 16.1. The summed E-state index contributed by atoms with van der Waals surface area (Å²) < 4.78 is 10.9. The molecule has 1 fully saturated rings. The maximum Gasteiger partial charge on any atom is 0.407 e. The lowest BCUT2D eigenvalue weighted by Gasteiger charge is -2.35. The van der Waals surface area contributed by atoms with E-state index in [0.29, 0.717) is 71.6 Å². The molecule has 340 valence electrons. The molecule has 1 aliphatic heterocycles. The number of para-hydroxylation sites is 1. The summed E-state index contributed by atoms with van der Waals surface area (Å²) in [6.45, 7) is 11.2. The summed E-state index contributed by atoms with van der Waals surface area (Å²) in [7, 11) is 0. The Balaban J connectivity index is 0.977. The van der Waals surface area contributed by atoms with Crippen LogP contribution in [0.15, 0.2) is 91.2 Å². The molecule has 0 spiro atoms. The topological polar surface area (TPSA) is 163 Å². The monoisotopic (exact) mass is 901 g/mol. The number of ether oxygens (including phenoxy) is 2. The van der Waals surface area contributed by atoms with Crippen LogP contribution in [0.4, 0.5) is 27.2 Å². The Hall–Kier alpha value is -5.35. The summed E-state index contributed by atoms with van der Waals surface area (Å²) in [5.74, 6) is 1.70. The molecule has 4 N–H and O–H groups in total. The molecule has 0 unspecified atom stereocenters. The van der Waals surface area contributed by atoms with Gasteiger partial charge in [0.05, 0.1) is 30.1 Å². The predicted octanol–water partition coefficient (Wildman–Crippen LogP) is 9.10. The Labute approximate surface area is 382 Å². The number of carbonyl (C=O) groups is 3. The largest absolute Gasteiger partial charge is 0.448 e. The zero-order chi connectivity index (χ0) is 44.9. The van der Waals surface area contributed by atoms with Crippen molar-refractivity contribution >= 4 is 63.3 Å². The van der Waals surface area contributed by atoms with E-state index < -0.39 is 6.09 Å². The van der Waals surface area contributed by atoms with E-state index in [9.17, 15) is 14.4 Å². The van der Waals surface area contributed by atoms with Gasteiger partial charge in [-0.1, -0.05) is 103 Å². The van der Waals surface area contributed by atoms with Crippen molar-refractivity contribution < 1.29 is 23.9 Å². The molecule has 2 aromatic heterocycles. The number of rotatable bonds is 27. The molecule has 0 saturated carbocycles. The molecule has 0 bridgehead atoms. The molecular formula is C47H64ClN9O5S. The highest BCUT2D eigenvalue weighted by Crippen LogP contribution is 2.28. The van der Waals surface area contributed by atoms with Gasteiger partial charge in [-0.2, -0.15) is 0 Å². The molecule has 3 heterocycles. The van der Waals surface area contributed by atoms with Crippen LogP contribution in [-0.2, 0) is 14.3 Å². The lowest BCUT2D eigenvalue weighted by molar-refractivity contribution is -0.121. The number of thiazole rings is 1. The second-order valence-electron chi connectivity index (χ2n) is 14.7. The van der Waals surface area contributed by atoms with Gasteiger partial charge in [0, 0.05) is 58.3 Å². The number of anilines is 4.